The molecule has 2 N–H and O–H groups in total. The van der Waals surface area contributed by atoms with Gasteiger partial charge in [-0.15, -0.1) is 0 Å². The predicted octanol–water partition coefficient (Wildman–Crippen LogP) is 4.46. The minimum Gasteiger partial charge on any atom is -0.465 e. The van der Waals surface area contributed by atoms with Gasteiger partial charge in [0.25, 0.3) is 6.02 Å². The van der Waals surface area contributed by atoms with Gasteiger partial charge in [0.2, 0.25) is 5.95 Å². The van der Waals surface area contributed by atoms with Crippen molar-refractivity contribution in [3.8, 4) is 11.1 Å². The number of anilines is 1. The summed E-state index contributed by atoms with van der Waals surface area (Å²) in [4.78, 5) is 10.4. The minimum atomic E-state index is -0.981. The fourth-order valence-corrected chi connectivity index (χ4v) is 5.50. The van der Waals surface area contributed by atoms with Crippen molar-refractivity contribution < 1.29 is 17.9 Å². The summed E-state index contributed by atoms with van der Waals surface area (Å²) >= 11 is 0. The van der Waals surface area contributed by atoms with Gasteiger partial charge in [0, 0.05) is 43.4 Å². The van der Waals surface area contributed by atoms with Crippen LogP contribution in [0.5, 0.6) is 0 Å². The molecule has 3 aromatic rings. The van der Waals surface area contributed by atoms with Gasteiger partial charge in [0.1, 0.15) is 17.5 Å². The zero-order valence-corrected chi connectivity index (χ0v) is 18.4. The van der Waals surface area contributed by atoms with Crippen LogP contribution in [0.2, 0.25) is 0 Å². The fourth-order valence-electron chi connectivity index (χ4n) is 5.50. The van der Waals surface area contributed by atoms with E-state index in [-0.39, 0.29) is 18.4 Å². The van der Waals surface area contributed by atoms with Gasteiger partial charge in [0.05, 0.1) is 6.61 Å². The lowest BCUT2D eigenvalue weighted by Crippen LogP contribution is -2.40. The van der Waals surface area contributed by atoms with Crippen molar-refractivity contribution in [1.82, 2.24) is 4.98 Å². The van der Waals surface area contributed by atoms with Crippen molar-refractivity contribution in [2.24, 2.45) is 10.7 Å². The summed E-state index contributed by atoms with van der Waals surface area (Å²) in [6.07, 6.45) is 1.72. The van der Waals surface area contributed by atoms with Crippen LogP contribution in [0.3, 0.4) is 0 Å². The molecule has 0 amide bonds. The van der Waals surface area contributed by atoms with Gasteiger partial charge in [-0.05, 0) is 64.6 Å². The van der Waals surface area contributed by atoms with Gasteiger partial charge in [0.15, 0.2) is 0 Å². The van der Waals surface area contributed by atoms with Crippen LogP contribution in [0, 0.1) is 11.8 Å². The highest BCUT2D eigenvalue weighted by atomic mass is 19.1. The van der Waals surface area contributed by atoms with Gasteiger partial charge in [-0.25, -0.2) is 18.8 Å². The van der Waals surface area contributed by atoms with Gasteiger partial charge in [-0.3, -0.25) is 0 Å². The molecule has 0 bridgehead atoms. The van der Waals surface area contributed by atoms with Gasteiger partial charge < -0.3 is 15.4 Å². The van der Waals surface area contributed by atoms with Crippen LogP contribution in [0.25, 0.3) is 11.1 Å². The Hall–Kier alpha value is -3.55. The SMILES string of the molecule is NC1=NC2(CCO1)c1cc(-c3cccnc3F)ccc1Cc1c(F)cc(N3CCC(F)C3)cc12. The van der Waals surface area contributed by atoms with Gasteiger partial charge in [-0.2, -0.15) is 4.39 Å². The molecule has 1 saturated heterocycles. The Morgan fingerprint density at radius 1 is 1.12 bits per heavy atom. The molecule has 1 spiro atoms. The first kappa shape index (κ1) is 21.0. The fraction of sp³-hybridized carbons (Fsp3) is 0.308. The Morgan fingerprint density at radius 3 is 2.76 bits per heavy atom. The number of aliphatic imine (C=N–C) groups is 1. The van der Waals surface area contributed by atoms with Crippen molar-refractivity contribution in [1.29, 1.82) is 0 Å². The normalized spacial score (nSPS) is 23.3. The number of hydrogen-bond donors (Lipinski definition) is 1. The van der Waals surface area contributed by atoms with Crippen LogP contribution in [0.15, 0.2) is 53.7 Å². The molecule has 1 aromatic heterocycles. The number of fused-ring (bicyclic) bond motifs is 4. The number of pyridine rings is 1. The van der Waals surface area contributed by atoms with E-state index in [1.165, 1.54) is 12.3 Å². The summed E-state index contributed by atoms with van der Waals surface area (Å²) in [7, 11) is 0. The first-order valence-corrected chi connectivity index (χ1v) is 11.4. The average Bonchev–Trinajstić information content (AvgIpc) is 3.26. The highest BCUT2D eigenvalue weighted by Crippen LogP contribution is 2.49. The van der Waals surface area contributed by atoms with Crippen LogP contribution in [0.1, 0.15) is 35.1 Å². The number of aromatic nitrogens is 1. The second kappa shape index (κ2) is 7.75. The number of ether oxygens (including phenoxy) is 1. The number of nitrogens with zero attached hydrogens (tertiary/aromatic N) is 3. The van der Waals surface area contributed by atoms with E-state index in [4.69, 9.17) is 15.5 Å². The van der Waals surface area contributed by atoms with E-state index in [0.29, 0.717) is 60.4 Å². The molecule has 2 unspecified atom stereocenters. The van der Waals surface area contributed by atoms with E-state index in [1.54, 1.807) is 12.1 Å². The lowest BCUT2D eigenvalue weighted by molar-refractivity contribution is 0.225. The third-order valence-corrected chi connectivity index (χ3v) is 7.13. The Labute approximate surface area is 195 Å². The predicted molar refractivity (Wildman–Crippen MR) is 124 cm³/mol. The summed E-state index contributed by atoms with van der Waals surface area (Å²) in [5, 5.41) is 0. The van der Waals surface area contributed by atoms with Crippen LogP contribution >= 0.6 is 0 Å². The number of halogens is 3. The zero-order chi connectivity index (χ0) is 23.4. The molecule has 1 fully saturated rings. The standard InChI is InChI=1S/C26H23F3N4O/c27-17-5-8-33(14-17)18-12-22-20(23(28)13-18)10-16-4-3-15(19-2-1-7-31-24(19)29)11-21(16)26(22)6-9-34-25(30)32-26/h1-4,7,11-13,17H,5-6,8-10,14H2,(H2,30,32). The molecule has 5 nitrogen and oxygen atoms in total. The first-order chi connectivity index (χ1) is 16.4. The van der Waals surface area contributed by atoms with E-state index >= 15 is 4.39 Å². The summed E-state index contributed by atoms with van der Waals surface area (Å²) in [5.74, 6) is -0.909. The van der Waals surface area contributed by atoms with Crippen molar-refractivity contribution in [2.45, 2.75) is 31.0 Å². The molecule has 8 heteroatoms. The number of rotatable bonds is 2. The van der Waals surface area contributed by atoms with E-state index < -0.39 is 17.7 Å². The third kappa shape index (κ3) is 3.23. The van der Waals surface area contributed by atoms with Crippen molar-refractivity contribution in [2.75, 3.05) is 24.6 Å². The summed E-state index contributed by atoms with van der Waals surface area (Å²) in [5.41, 5.74) is 9.72. The molecule has 2 aliphatic heterocycles. The van der Waals surface area contributed by atoms with Crippen molar-refractivity contribution in [3.05, 3.63) is 82.7 Å². The molecule has 1 aliphatic carbocycles. The molecule has 3 aliphatic rings. The Balaban J connectivity index is 1.57. The van der Waals surface area contributed by atoms with Gasteiger partial charge >= 0.3 is 0 Å². The lowest BCUT2D eigenvalue weighted by atomic mass is 9.70. The quantitative estimate of drug-likeness (QED) is 0.569. The van der Waals surface area contributed by atoms with Gasteiger partial charge in [-0.1, -0.05) is 12.1 Å². The maximum absolute atomic E-state index is 15.5. The molecule has 0 saturated carbocycles. The first-order valence-electron chi connectivity index (χ1n) is 11.4. The monoisotopic (exact) mass is 464 g/mol. The number of amidine groups is 1. The van der Waals surface area contributed by atoms with E-state index in [2.05, 4.69) is 4.98 Å². The molecule has 3 heterocycles. The molecule has 2 atom stereocenters. The largest absolute Gasteiger partial charge is 0.465 e. The summed E-state index contributed by atoms with van der Waals surface area (Å²) < 4.78 is 49.4. The molecule has 2 aromatic carbocycles. The molecule has 6 rings (SSSR count). The summed E-state index contributed by atoms with van der Waals surface area (Å²) in [6, 6.07) is 12.4. The second-order valence-electron chi connectivity index (χ2n) is 9.08. The number of hydrogen-bond acceptors (Lipinski definition) is 5. The average molecular weight is 464 g/mol. The third-order valence-electron chi connectivity index (χ3n) is 7.13. The second-order valence-corrected chi connectivity index (χ2v) is 9.08. The molecule has 0 radical (unpaired) electrons. The van der Waals surface area contributed by atoms with Crippen LogP contribution in [-0.4, -0.2) is 36.9 Å². The van der Waals surface area contributed by atoms with E-state index in [9.17, 15) is 8.78 Å². The van der Waals surface area contributed by atoms with Crippen molar-refractivity contribution >= 4 is 11.7 Å². The zero-order valence-electron chi connectivity index (χ0n) is 18.4. The van der Waals surface area contributed by atoms with Crippen LogP contribution < -0.4 is 10.6 Å². The maximum atomic E-state index is 15.5. The number of nitrogens with two attached hydrogens (primary N) is 1. The van der Waals surface area contributed by atoms with E-state index in [1.807, 2.05) is 29.2 Å². The number of benzene rings is 2. The Bertz CT molecular complexity index is 1330. The minimum absolute atomic E-state index is 0.0267. The van der Waals surface area contributed by atoms with Crippen molar-refractivity contribution in [3.63, 3.8) is 0 Å². The number of alkyl halides is 1. The topological polar surface area (TPSA) is 63.7 Å². The summed E-state index contributed by atoms with van der Waals surface area (Å²) in [6.45, 7) is 1.07. The highest BCUT2D eigenvalue weighted by molar-refractivity contribution is 5.76. The van der Waals surface area contributed by atoms with E-state index in [0.717, 1.165) is 11.1 Å². The van der Waals surface area contributed by atoms with Crippen LogP contribution in [0.4, 0.5) is 18.9 Å². The molecule has 34 heavy (non-hydrogen) atoms. The Kier molecular flexibility index (Phi) is 4.79. The molecular formula is C26H23F3N4O. The highest BCUT2D eigenvalue weighted by Gasteiger charge is 2.44. The lowest BCUT2D eigenvalue weighted by Gasteiger charge is -2.41. The molecule has 174 valence electrons. The maximum Gasteiger partial charge on any atom is 0.283 e. The van der Waals surface area contributed by atoms with Crippen LogP contribution in [-0.2, 0) is 16.7 Å². The molecular weight excluding hydrogens is 441 g/mol. The Morgan fingerprint density at radius 2 is 2.00 bits per heavy atom. The smallest absolute Gasteiger partial charge is 0.283 e.